The Hall–Kier alpha value is -4.37. The van der Waals surface area contributed by atoms with E-state index in [1.807, 2.05) is 6.20 Å². The van der Waals surface area contributed by atoms with Crippen molar-refractivity contribution in [3.8, 4) is 11.5 Å². The average Bonchev–Trinajstić information content (AvgIpc) is 3.38. The summed E-state index contributed by atoms with van der Waals surface area (Å²) in [6, 6.07) is 36.8. The van der Waals surface area contributed by atoms with Gasteiger partial charge in [0, 0.05) is 33.4 Å². The quantitative estimate of drug-likeness (QED) is 0.281. The Morgan fingerprint density at radius 1 is 0.515 bits per heavy atom. The van der Waals surface area contributed by atoms with Gasteiger partial charge in [-0.05, 0) is 42.8 Å². The molecule has 7 aromatic rings. The van der Waals surface area contributed by atoms with Gasteiger partial charge in [0.2, 0.25) is 0 Å². The summed E-state index contributed by atoms with van der Waals surface area (Å²) in [7, 11) is 0. The van der Waals surface area contributed by atoms with Crippen molar-refractivity contribution in [2.75, 3.05) is 0 Å². The van der Waals surface area contributed by atoms with E-state index in [-0.39, 0.29) is 0 Å². The van der Waals surface area contributed by atoms with Gasteiger partial charge in [0.15, 0.2) is 0 Å². The van der Waals surface area contributed by atoms with Crippen molar-refractivity contribution < 1.29 is 0 Å². The van der Waals surface area contributed by atoms with Crippen LogP contribution in [0.3, 0.4) is 0 Å². The Labute approximate surface area is 191 Å². The first-order chi connectivity index (χ1) is 16.3. The minimum absolute atomic E-state index is 0.934. The first-order valence-electron chi connectivity index (χ1n) is 11.2. The van der Waals surface area contributed by atoms with Crippen LogP contribution in [0.5, 0.6) is 0 Å². The van der Waals surface area contributed by atoms with Crippen LogP contribution in [-0.4, -0.2) is 14.1 Å². The molecule has 0 saturated heterocycles. The summed E-state index contributed by atoms with van der Waals surface area (Å²) in [4.78, 5) is 4.84. The highest BCUT2D eigenvalue weighted by Gasteiger charge is 2.21. The molecule has 0 radical (unpaired) electrons. The number of hydrogen-bond donors (Lipinski definition) is 0. The molecule has 3 nitrogen and oxygen atoms in total. The molecule has 0 spiro atoms. The minimum Gasteiger partial charge on any atom is -0.307 e. The maximum Gasteiger partial charge on any atom is 0.137 e. The first-order valence-corrected chi connectivity index (χ1v) is 11.2. The molecule has 0 aliphatic rings. The predicted molar refractivity (Wildman–Crippen MR) is 138 cm³/mol. The molecule has 0 bridgehead atoms. The molecule has 0 saturated carbocycles. The fourth-order valence-corrected chi connectivity index (χ4v) is 5.18. The number of pyridine rings is 1. The van der Waals surface area contributed by atoms with Gasteiger partial charge in [-0.1, -0.05) is 72.8 Å². The second-order valence-corrected chi connectivity index (χ2v) is 8.59. The summed E-state index contributed by atoms with van der Waals surface area (Å²) in [5.41, 5.74) is 7.08. The van der Waals surface area contributed by atoms with E-state index in [9.17, 15) is 0 Å². The molecule has 0 aliphatic heterocycles. The van der Waals surface area contributed by atoms with Crippen LogP contribution < -0.4 is 0 Å². The molecular formula is C30H21N3. The van der Waals surface area contributed by atoms with Crippen molar-refractivity contribution in [1.29, 1.82) is 0 Å². The van der Waals surface area contributed by atoms with Crippen LogP contribution in [0.25, 0.3) is 55.1 Å². The van der Waals surface area contributed by atoms with E-state index in [0.717, 1.165) is 17.1 Å². The summed E-state index contributed by atoms with van der Waals surface area (Å²) in [6.45, 7) is 2.08. The molecule has 0 N–H and O–H groups in total. The van der Waals surface area contributed by atoms with E-state index in [1.54, 1.807) is 0 Å². The molecule has 7 rings (SSSR count). The zero-order chi connectivity index (χ0) is 21.9. The van der Waals surface area contributed by atoms with Crippen LogP contribution >= 0.6 is 0 Å². The van der Waals surface area contributed by atoms with Crippen molar-refractivity contribution >= 4 is 43.6 Å². The third kappa shape index (κ3) is 2.53. The third-order valence-corrected chi connectivity index (χ3v) is 6.61. The Bertz CT molecular complexity index is 1800. The SMILES string of the molecule is Cc1ccc(-n2c3ccccc3c3ccc4c5ccccc5n(-c5ccccc5)c4c32)nc1. The number of fused-ring (bicyclic) bond motifs is 7. The van der Waals surface area contributed by atoms with Gasteiger partial charge in [0.25, 0.3) is 0 Å². The first kappa shape index (κ1) is 18.2. The average molecular weight is 424 g/mol. The number of nitrogens with zero attached hydrogens (tertiary/aromatic N) is 3. The van der Waals surface area contributed by atoms with Gasteiger partial charge in [-0.3, -0.25) is 4.57 Å². The normalized spacial score (nSPS) is 11.8. The molecule has 0 aliphatic carbocycles. The molecule has 3 heteroatoms. The van der Waals surface area contributed by atoms with E-state index in [2.05, 4.69) is 119 Å². The maximum atomic E-state index is 4.84. The Kier molecular flexibility index (Phi) is 3.76. The molecule has 33 heavy (non-hydrogen) atoms. The molecule has 156 valence electrons. The van der Waals surface area contributed by atoms with Crippen molar-refractivity contribution in [3.05, 3.63) is 115 Å². The van der Waals surface area contributed by atoms with Gasteiger partial charge in [-0.15, -0.1) is 0 Å². The van der Waals surface area contributed by atoms with E-state index in [4.69, 9.17) is 4.98 Å². The fraction of sp³-hybridized carbons (Fsp3) is 0.0333. The second-order valence-electron chi connectivity index (χ2n) is 8.59. The number of rotatable bonds is 2. The highest BCUT2D eigenvalue weighted by Crippen LogP contribution is 2.41. The van der Waals surface area contributed by atoms with Crippen LogP contribution in [-0.2, 0) is 0 Å². The lowest BCUT2D eigenvalue weighted by Crippen LogP contribution is -2.00. The van der Waals surface area contributed by atoms with E-state index >= 15 is 0 Å². The van der Waals surface area contributed by atoms with E-state index in [0.29, 0.717) is 0 Å². The monoisotopic (exact) mass is 423 g/mol. The summed E-state index contributed by atoms with van der Waals surface area (Å²) >= 11 is 0. The van der Waals surface area contributed by atoms with Crippen LogP contribution in [0.4, 0.5) is 0 Å². The number of hydrogen-bond acceptors (Lipinski definition) is 1. The maximum absolute atomic E-state index is 4.84. The lowest BCUT2D eigenvalue weighted by Gasteiger charge is -2.12. The standard InChI is InChI=1S/C30H21N3/c1-20-15-18-28(31-19-20)33-27-14-8-6-12-23(27)25-17-16-24-22-11-5-7-13-26(22)32(29(24)30(25)33)21-9-3-2-4-10-21/h2-19H,1H3. The van der Waals surface area contributed by atoms with Gasteiger partial charge < -0.3 is 4.57 Å². The molecule has 3 heterocycles. The molecular weight excluding hydrogens is 402 g/mol. The minimum atomic E-state index is 0.934. The van der Waals surface area contributed by atoms with Crippen molar-refractivity contribution in [2.24, 2.45) is 0 Å². The Balaban J connectivity index is 1.78. The van der Waals surface area contributed by atoms with Crippen molar-refractivity contribution in [1.82, 2.24) is 14.1 Å². The van der Waals surface area contributed by atoms with Gasteiger partial charge in [0.05, 0.1) is 22.1 Å². The molecule has 4 aromatic carbocycles. The van der Waals surface area contributed by atoms with Crippen LogP contribution in [0, 0.1) is 6.92 Å². The van der Waals surface area contributed by atoms with Crippen LogP contribution in [0.1, 0.15) is 5.56 Å². The molecule has 3 aromatic heterocycles. The topological polar surface area (TPSA) is 22.8 Å². The smallest absolute Gasteiger partial charge is 0.137 e. The van der Waals surface area contributed by atoms with Gasteiger partial charge in [-0.2, -0.15) is 0 Å². The molecule has 0 atom stereocenters. The van der Waals surface area contributed by atoms with Crippen molar-refractivity contribution in [3.63, 3.8) is 0 Å². The lowest BCUT2D eigenvalue weighted by atomic mass is 10.1. The molecule has 0 unspecified atom stereocenters. The largest absolute Gasteiger partial charge is 0.307 e. The highest BCUT2D eigenvalue weighted by molar-refractivity contribution is 6.23. The zero-order valence-electron chi connectivity index (χ0n) is 18.2. The fourth-order valence-electron chi connectivity index (χ4n) is 5.18. The lowest BCUT2D eigenvalue weighted by molar-refractivity contribution is 1.07. The summed E-state index contributed by atoms with van der Waals surface area (Å²) in [5, 5.41) is 4.98. The Morgan fingerprint density at radius 3 is 1.73 bits per heavy atom. The number of aryl methyl sites for hydroxylation is 1. The van der Waals surface area contributed by atoms with E-state index in [1.165, 1.54) is 43.6 Å². The predicted octanol–water partition coefficient (Wildman–Crippen LogP) is 7.58. The van der Waals surface area contributed by atoms with Gasteiger partial charge >= 0.3 is 0 Å². The van der Waals surface area contributed by atoms with Gasteiger partial charge in [-0.25, -0.2) is 4.98 Å². The third-order valence-electron chi connectivity index (χ3n) is 6.61. The molecule has 0 fully saturated rings. The van der Waals surface area contributed by atoms with E-state index < -0.39 is 0 Å². The number of benzene rings is 4. The van der Waals surface area contributed by atoms with Crippen LogP contribution in [0.15, 0.2) is 109 Å². The number of para-hydroxylation sites is 3. The molecule has 0 amide bonds. The van der Waals surface area contributed by atoms with Gasteiger partial charge in [0.1, 0.15) is 5.82 Å². The zero-order valence-corrected chi connectivity index (χ0v) is 18.2. The summed E-state index contributed by atoms with van der Waals surface area (Å²) < 4.78 is 4.72. The summed E-state index contributed by atoms with van der Waals surface area (Å²) in [5.74, 6) is 0.934. The summed E-state index contributed by atoms with van der Waals surface area (Å²) in [6.07, 6.45) is 1.95. The number of aromatic nitrogens is 3. The van der Waals surface area contributed by atoms with Crippen LogP contribution in [0.2, 0.25) is 0 Å². The Morgan fingerprint density at radius 2 is 1.09 bits per heavy atom. The van der Waals surface area contributed by atoms with Crippen molar-refractivity contribution in [2.45, 2.75) is 6.92 Å². The highest BCUT2D eigenvalue weighted by atomic mass is 15.1. The second kappa shape index (κ2) is 6.81.